The molecule has 0 heterocycles. The van der Waals surface area contributed by atoms with Crippen molar-refractivity contribution in [2.45, 2.75) is 54.4 Å². The van der Waals surface area contributed by atoms with E-state index in [4.69, 9.17) is 0 Å². The third kappa shape index (κ3) is 7.26. The molecule has 0 amide bonds. The molecule has 0 bridgehead atoms. The van der Waals surface area contributed by atoms with Crippen LogP contribution in [0.25, 0.3) is 0 Å². The highest BCUT2D eigenvalue weighted by Gasteiger charge is 2.19. The molecule has 0 radical (unpaired) electrons. The first-order chi connectivity index (χ1) is 11.8. The molecule has 0 fully saturated rings. The predicted molar refractivity (Wildman–Crippen MR) is 102 cm³/mol. The van der Waals surface area contributed by atoms with Crippen molar-refractivity contribution in [3.8, 4) is 0 Å². The van der Waals surface area contributed by atoms with Crippen LogP contribution in [0.2, 0.25) is 0 Å². The van der Waals surface area contributed by atoms with Crippen molar-refractivity contribution in [3.05, 3.63) is 47.5 Å². The molecule has 1 rings (SSSR count). The number of benzene rings is 1. The van der Waals surface area contributed by atoms with Gasteiger partial charge in [-0.05, 0) is 17.6 Å². The van der Waals surface area contributed by atoms with E-state index in [-0.39, 0.29) is 29.2 Å². The molecule has 0 saturated carbocycles. The van der Waals surface area contributed by atoms with E-state index >= 15 is 0 Å². The molecule has 4 nitrogen and oxygen atoms in total. The number of rotatable bonds is 7. The molecule has 0 aromatic heterocycles. The maximum Gasteiger partial charge on any atom is 0.170 e. The van der Waals surface area contributed by atoms with E-state index in [0.717, 1.165) is 6.08 Å². The summed E-state index contributed by atoms with van der Waals surface area (Å²) in [5.41, 5.74) is 0.269. The van der Waals surface area contributed by atoms with E-state index in [1.807, 2.05) is 20.8 Å². The van der Waals surface area contributed by atoms with Crippen LogP contribution < -0.4 is 0 Å². The minimum atomic E-state index is -0.559. The minimum Gasteiger partial charge on any atom is -0.294 e. The lowest BCUT2D eigenvalue weighted by Crippen LogP contribution is -2.17. The molecule has 0 aliphatic carbocycles. The number of ketones is 4. The van der Waals surface area contributed by atoms with Gasteiger partial charge in [0.1, 0.15) is 0 Å². The monoisotopic (exact) mass is 356 g/mol. The maximum absolute atomic E-state index is 12.2. The molecule has 4 heteroatoms. The second-order valence-corrected chi connectivity index (χ2v) is 8.75. The number of carbonyl (C=O) groups is 4. The highest BCUT2D eigenvalue weighted by atomic mass is 16.2. The molecule has 1 aromatic carbocycles. The van der Waals surface area contributed by atoms with Gasteiger partial charge in [-0.1, -0.05) is 65.8 Å². The van der Waals surface area contributed by atoms with Gasteiger partial charge in [-0.25, -0.2) is 0 Å². The van der Waals surface area contributed by atoms with Gasteiger partial charge in [0.2, 0.25) is 0 Å². The summed E-state index contributed by atoms with van der Waals surface area (Å²) in [5, 5.41) is 0. The first kappa shape index (κ1) is 21.7. The van der Waals surface area contributed by atoms with Crippen molar-refractivity contribution in [3.63, 3.8) is 0 Å². The molecular weight excluding hydrogens is 328 g/mol. The van der Waals surface area contributed by atoms with Gasteiger partial charge >= 0.3 is 0 Å². The van der Waals surface area contributed by atoms with Crippen LogP contribution in [0.4, 0.5) is 0 Å². The van der Waals surface area contributed by atoms with Crippen LogP contribution in [0.3, 0.4) is 0 Å². The minimum absolute atomic E-state index is 0.0243. The number of hydrogen-bond donors (Lipinski definition) is 0. The third-order valence-corrected chi connectivity index (χ3v) is 3.71. The summed E-state index contributed by atoms with van der Waals surface area (Å²) in [6.07, 6.45) is 2.51. The van der Waals surface area contributed by atoms with Crippen LogP contribution in [-0.2, 0) is 9.59 Å². The summed E-state index contributed by atoms with van der Waals surface area (Å²) in [5.74, 6) is -0.894. The molecule has 0 N–H and O–H groups in total. The summed E-state index contributed by atoms with van der Waals surface area (Å²) in [6.45, 7) is 11.3. The fraction of sp³-hybridized carbons (Fsp3) is 0.455. The quantitative estimate of drug-likeness (QED) is 0.406. The average Bonchev–Trinajstić information content (AvgIpc) is 2.50. The Balaban J connectivity index is 2.71. The van der Waals surface area contributed by atoms with Crippen LogP contribution in [0.1, 0.15) is 75.1 Å². The highest BCUT2D eigenvalue weighted by molar-refractivity contribution is 6.13. The summed E-state index contributed by atoms with van der Waals surface area (Å²) >= 11 is 0. The average molecular weight is 356 g/mol. The van der Waals surface area contributed by atoms with Gasteiger partial charge in [0, 0.05) is 23.0 Å². The maximum atomic E-state index is 12.2. The van der Waals surface area contributed by atoms with Gasteiger partial charge in [-0.15, -0.1) is 0 Å². The first-order valence-electron chi connectivity index (χ1n) is 8.71. The Bertz CT molecular complexity index is 723. The Kier molecular flexibility index (Phi) is 6.96. The topological polar surface area (TPSA) is 68.3 Å². The third-order valence-electron chi connectivity index (χ3n) is 3.71. The van der Waals surface area contributed by atoms with Crippen molar-refractivity contribution in [2.24, 2.45) is 10.8 Å². The molecule has 140 valence electrons. The lowest BCUT2D eigenvalue weighted by Gasteiger charge is -2.16. The summed E-state index contributed by atoms with van der Waals surface area (Å²) in [4.78, 5) is 48.0. The number of Topliss-reactive ketones (excluding diaryl/α,β-unsaturated/α-hetero) is 2. The second kappa shape index (κ2) is 8.35. The fourth-order valence-corrected chi connectivity index (χ4v) is 2.16. The van der Waals surface area contributed by atoms with Crippen molar-refractivity contribution < 1.29 is 19.2 Å². The number of allylic oxidation sites excluding steroid dienone is 2. The molecule has 1 aromatic rings. The molecule has 26 heavy (non-hydrogen) atoms. The van der Waals surface area contributed by atoms with Crippen LogP contribution >= 0.6 is 0 Å². The van der Waals surface area contributed by atoms with Crippen LogP contribution in [0, 0.1) is 10.8 Å². The zero-order chi connectivity index (χ0) is 20.1. The van der Waals surface area contributed by atoms with Gasteiger partial charge in [0.15, 0.2) is 23.1 Å². The molecule has 0 aliphatic rings. The Morgan fingerprint density at radius 2 is 1.23 bits per heavy atom. The molecule has 0 spiro atoms. The van der Waals surface area contributed by atoms with Crippen LogP contribution in [-0.4, -0.2) is 23.1 Å². The van der Waals surface area contributed by atoms with Crippen LogP contribution in [0.15, 0.2) is 36.4 Å². The van der Waals surface area contributed by atoms with E-state index in [9.17, 15) is 19.2 Å². The van der Waals surface area contributed by atoms with Crippen molar-refractivity contribution in [1.82, 2.24) is 0 Å². The molecule has 0 unspecified atom stereocenters. The van der Waals surface area contributed by atoms with Gasteiger partial charge in [0.25, 0.3) is 0 Å². The Morgan fingerprint density at radius 1 is 0.769 bits per heavy atom. The number of carbonyl (C=O) groups excluding carboxylic acids is 4. The molecule has 0 atom stereocenters. The van der Waals surface area contributed by atoms with E-state index in [0.29, 0.717) is 17.5 Å². The lowest BCUT2D eigenvalue weighted by atomic mass is 9.87. The second-order valence-electron chi connectivity index (χ2n) is 8.75. The highest BCUT2D eigenvalue weighted by Crippen LogP contribution is 2.22. The summed E-state index contributed by atoms with van der Waals surface area (Å²) in [6, 6.07) is 6.36. The molecular formula is C22H28O4. The van der Waals surface area contributed by atoms with Gasteiger partial charge < -0.3 is 0 Å². The van der Waals surface area contributed by atoms with E-state index in [2.05, 4.69) is 0 Å². The van der Waals surface area contributed by atoms with E-state index in [1.54, 1.807) is 45.0 Å². The fourth-order valence-electron chi connectivity index (χ4n) is 2.16. The standard InChI is InChI=1S/C22H28O4/c1-21(2,3)14-19(25)16-9-7-15(8-10-16)18(24)13-17(23)11-12-20(26)22(4,5)6/h7-12H,13-14H2,1-6H3/b12-11-. The van der Waals surface area contributed by atoms with Crippen molar-refractivity contribution in [2.75, 3.05) is 0 Å². The zero-order valence-corrected chi connectivity index (χ0v) is 16.5. The van der Waals surface area contributed by atoms with Gasteiger partial charge in [0.05, 0.1) is 6.42 Å². The van der Waals surface area contributed by atoms with Crippen molar-refractivity contribution in [1.29, 1.82) is 0 Å². The van der Waals surface area contributed by atoms with Gasteiger partial charge in [-0.3, -0.25) is 19.2 Å². The predicted octanol–water partition coefficient (Wildman–Crippen LogP) is 4.62. The summed E-state index contributed by atoms with van der Waals surface area (Å²) < 4.78 is 0. The molecule has 0 saturated heterocycles. The van der Waals surface area contributed by atoms with E-state index in [1.165, 1.54) is 6.08 Å². The van der Waals surface area contributed by atoms with Crippen molar-refractivity contribution >= 4 is 23.1 Å². The number of hydrogen-bond acceptors (Lipinski definition) is 4. The Morgan fingerprint density at radius 3 is 1.65 bits per heavy atom. The Hall–Kier alpha value is -2.36. The Labute approximate surface area is 155 Å². The summed E-state index contributed by atoms with van der Waals surface area (Å²) in [7, 11) is 0. The van der Waals surface area contributed by atoms with E-state index < -0.39 is 11.2 Å². The lowest BCUT2D eigenvalue weighted by molar-refractivity contribution is -0.122. The normalized spacial score (nSPS) is 12.2. The SMILES string of the molecule is CC(C)(C)CC(=O)c1ccc(C(=O)CC(=O)/C=C\C(=O)C(C)(C)C)cc1. The molecule has 0 aliphatic heterocycles. The first-order valence-corrected chi connectivity index (χ1v) is 8.71. The smallest absolute Gasteiger partial charge is 0.170 e. The van der Waals surface area contributed by atoms with Gasteiger partial charge in [-0.2, -0.15) is 0 Å². The largest absolute Gasteiger partial charge is 0.294 e. The zero-order valence-electron chi connectivity index (χ0n) is 16.5. The van der Waals surface area contributed by atoms with Crippen LogP contribution in [0.5, 0.6) is 0 Å².